The molecule has 0 aliphatic carbocycles. The minimum Gasteiger partial charge on any atom is -0.502 e. The van der Waals surface area contributed by atoms with E-state index in [4.69, 9.17) is 0 Å². The molecule has 0 spiro atoms. The van der Waals surface area contributed by atoms with Crippen molar-refractivity contribution in [2.45, 2.75) is 13.5 Å². The smallest absolute Gasteiger partial charge is 0.311 e. The molecule has 2 rings (SSSR count). The van der Waals surface area contributed by atoms with Crippen molar-refractivity contribution in [1.29, 1.82) is 0 Å². The largest absolute Gasteiger partial charge is 0.502 e. The Hall–Kier alpha value is -2.89. The fourth-order valence-electron chi connectivity index (χ4n) is 1.80. The first-order valence-electron chi connectivity index (χ1n) is 6.28. The molecule has 1 amide bonds. The second kappa shape index (κ2) is 6.04. The van der Waals surface area contributed by atoms with E-state index in [9.17, 15) is 20.0 Å². The van der Waals surface area contributed by atoms with E-state index >= 15 is 0 Å². The van der Waals surface area contributed by atoms with E-state index in [0.717, 1.165) is 23.3 Å². The first-order chi connectivity index (χ1) is 9.97. The van der Waals surface area contributed by atoms with Gasteiger partial charge in [0.2, 0.25) is 0 Å². The lowest BCUT2D eigenvalue weighted by molar-refractivity contribution is -0.385. The molecule has 0 fully saturated rings. The Bertz CT molecular complexity index is 681. The first kappa shape index (κ1) is 14.5. The molecule has 0 unspecified atom stereocenters. The fraction of sp³-hybridized carbons (Fsp3) is 0.133. The molecule has 0 heterocycles. The van der Waals surface area contributed by atoms with Crippen molar-refractivity contribution in [3.8, 4) is 5.75 Å². The van der Waals surface area contributed by atoms with Crippen molar-refractivity contribution < 1.29 is 14.8 Å². The maximum atomic E-state index is 12.0. The SMILES string of the molecule is Cc1ccc(CNC(=O)c2ccc(O)c([N+](=O)[O-])c2)cc1. The number of nitro groups is 1. The molecule has 0 aromatic heterocycles. The number of nitro benzene ring substituents is 1. The van der Waals surface area contributed by atoms with Gasteiger partial charge in [0.25, 0.3) is 5.91 Å². The van der Waals surface area contributed by atoms with Gasteiger partial charge in [-0.15, -0.1) is 0 Å². The minimum absolute atomic E-state index is 0.131. The Kier molecular flexibility index (Phi) is 4.18. The Labute approximate surface area is 121 Å². The van der Waals surface area contributed by atoms with Crippen molar-refractivity contribution >= 4 is 11.6 Å². The predicted octanol–water partition coefficient (Wildman–Crippen LogP) is 2.54. The van der Waals surface area contributed by atoms with Crippen LogP contribution in [0.5, 0.6) is 5.75 Å². The van der Waals surface area contributed by atoms with Gasteiger partial charge in [-0.25, -0.2) is 0 Å². The zero-order valence-electron chi connectivity index (χ0n) is 11.4. The number of benzene rings is 2. The summed E-state index contributed by atoms with van der Waals surface area (Å²) >= 11 is 0. The molecule has 0 atom stereocenters. The van der Waals surface area contributed by atoms with Crippen LogP contribution in [0.25, 0.3) is 0 Å². The lowest BCUT2D eigenvalue weighted by Gasteiger charge is -2.06. The number of hydrogen-bond donors (Lipinski definition) is 2. The summed E-state index contributed by atoms with van der Waals surface area (Å²) in [5.41, 5.74) is 1.70. The van der Waals surface area contributed by atoms with Gasteiger partial charge in [-0.2, -0.15) is 0 Å². The molecule has 0 aliphatic heterocycles. The molecule has 2 aromatic carbocycles. The van der Waals surface area contributed by atoms with Crippen LogP contribution in [0.15, 0.2) is 42.5 Å². The summed E-state index contributed by atoms with van der Waals surface area (Å²) < 4.78 is 0. The minimum atomic E-state index is -0.730. The van der Waals surface area contributed by atoms with E-state index in [1.54, 1.807) is 0 Å². The van der Waals surface area contributed by atoms with Crippen LogP contribution >= 0.6 is 0 Å². The van der Waals surface area contributed by atoms with E-state index in [1.807, 2.05) is 31.2 Å². The number of nitrogens with zero attached hydrogens (tertiary/aromatic N) is 1. The van der Waals surface area contributed by atoms with Crippen molar-refractivity contribution in [1.82, 2.24) is 5.32 Å². The summed E-state index contributed by atoms with van der Waals surface area (Å²) in [5.74, 6) is -0.895. The second-order valence-electron chi connectivity index (χ2n) is 4.63. The third-order valence-corrected chi connectivity index (χ3v) is 3.01. The summed E-state index contributed by atoms with van der Waals surface area (Å²) in [6.07, 6.45) is 0. The van der Waals surface area contributed by atoms with E-state index in [-0.39, 0.29) is 5.56 Å². The van der Waals surface area contributed by atoms with Gasteiger partial charge in [0.15, 0.2) is 5.75 Å². The van der Waals surface area contributed by atoms with Crippen LogP contribution in [0.3, 0.4) is 0 Å². The summed E-state index contributed by atoms with van der Waals surface area (Å²) in [6.45, 7) is 2.30. The van der Waals surface area contributed by atoms with Gasteiger partial charge in [0, 0.05) is 18.2 Å². The molecule has 0 aliphatic rings. The van der Waals surface area contributed by atoms with Crippen LogP contribution in [0.1, 0.15) is 21.5 Å². The number of phenolic OH excluding ortho intramolecular Hbond substituents is 1. The Balaban J connectivity index is 2.08. The number of aryl methyl sites for hydroxylation is 1. The maximum absolute atomic E-state index is 12.0. The first-order valence-corrected chi connectivity index (χ1v) is 6.28. The normalized spacial score (nSPS) is 10.1. The monoisotopic (exact) mass is 286 g/mol. The number of phenols is 1. The molecular weight excluding hydrogens is 272 g/mol. The van der Waals surface area contributed by atoms with Gasteiger partial charge in [-0.05, 0) is 24.6 Å². The molecular formula is C15H14N2O4. The number of hydrogen-bond acceptors (Lipinski definition) is 4. The van der Waals surface area contributed by atoms with E-state index in [0.29, 0.717) is 6.54 Å². The molecule has 0 saturated heterocycles. The molecule has 108 valence electrons. The topological polar surface area (TPSA) is 92.5 Å². The van der Waals surface area contributed by atoms with Crippen molar-refractivity contribution in [2.75, 3.05) is 0 Å². The standard InChI is InChI=1S/C15H14N2O4/c1-10-2-4-11(5-3-10)9-16-15(19)12-6-7-14(18)13(8-12)17(20)21/h2-8,18H,9H2,1H3,(H,16,19). The highest BCUT2D eigenvalue weighted by molar-refractivity contribution is 5.95. The lowest BCUT2D eigenvalue weighted by Crippen LogP contribution is -2.22. The van der Waals surface area contributed by atoms with Gasteiger partial charge in [0.1, 0.15) is 0 Å². The number of amides is 1. The van der Waals surface area contributed by atoms with Crippen LogP contribution in [-0.2, 0) is 6.54 Å². The van der Waals surface area contributed by atoms with Gasteiger partial charge >= 0.3 is 5.69 Å². The van der Waals surface area contributed by atoms with E-state index < -0.39 is 22.3 Å². The molecule has 6 nitrogen and oxygen atoms in total. The van der Waals surface area contributed by atoms with Crippen LogP contribution < -0.4 is 5.32 Å². The Morgan fingerprint density at radius 2 is 1.90 bits per heavy atom. The van der Waals surface area contributed by atoms with E-state index in [2.05, 4.69) is 5.32 Å². The summed E-state index contributed by atoms with van der Waals surface area (Å²) in [4.78, 5) is 21.9. The molecule has 2 aromatic rings. The molecule has 6 heteroatoms. The van der Waals surface area contributed by atoms with Crippen LogP contribution in [0.2, 0.25) is 0 Å². The van der Waals surface area contributed by atoms with E-state index in [1.165, 1.54) is 6.07 Å². The number of nitrogens with one attached hydrogen (secondary N) is 1. The molecule has 2 N–H and O–H groups in total. The highest BCUT2D eigenvalue weighted by Gasteiger charge is 2.16. The van der Waals surface area contributed by atoms with Gasteiger partial charge in [-0.1, -0.05) is 29.8 Å². The summed E-state index contributed by atoms with van der Waals surface area (Å²) in [7, 11) is 0. The molecule has 0 bridgehead atoms. The Morgan fingerprint density at radius 3 is 2.52 bits per heavy atom. The third-order valence-electron chi connectivity index (χ3n) is 3.01. The molecule has 0 radical (unpaired) electrons. The molecule has 21 heavy (non-hydrogen) atoms. The third kappa shape index (κ3) is 3.56. The predicted molar refractivity (Wildman–Crippen MR) is 77.1 cm³/mol. The maximum Gasteiger partial charge on any atom is 0.311 e. The highest BCUT2D eigenvalue weighted by atomic mass is 16.6. The van der Waals surface area contributed by atoms with Crippen LogP contribution in [0, 0.1) is 17.0 Å². The number of carbonyl (C=O) groups excluding carboxylic acids is 1. The fourth-order valence-corrected chi connectivity index (χ4v) is 1.80. The summed E-state index contributed by atoms with van der Waals surface area (Å²) in [5, 5.41) is 22.7. The van der Waals surface area contributed by atoms with Gasteiger partial charge < -0.3 is 10.4 Å². The lowest BCUT2D eigenvalue weighted by atomic mass is 10.1. The summed E-state index contributed by atoms with van der Waals surface area (Å²) in [6, 6.07) is 11.2. The number of rotatable bonds is 4. The second-order valence-corrected chi connectivity index (χ2v) is 4.63. The highest BCUT2D eigenvalue weighted by Crippen LogP contribution is 2.26. The number of carbonyl (C=O) groups is 1. The average molecular weight is 286 g/mol. The number of aromatic hydroxyl groups is 1. The zero-order valence-corrected chi connectivity index (χ0v) is 11.4. The van der Waals surface area contributed by atoms with Gasteiger partial charge in [-0.3, -0.25) is 14.9 Å². The average Bonchev–Trinajstić information content (AvgIpc) is 2.46. The van der Waals surface area contributed by atoms with Crippen molar-refractivity contribution in [2.24, 2.45) is 0 Å². The zero-order chi connectivity index (χ0) is 15.4. The Morgan fingerprint density at radius 1 is 1.24 bits per heavy atom. The van der Waals surface area contributed by atoms with Crippen molar-refractivity contribution in [3.05, 3.63) is 69.3 Å². The van der Waals surface area contributed by atoms with Gasteiger partial charge in [0.05, 0.1) is 4.92 Å². The molecule has 0 saturated carbocycles. The van der Waals surface area contributed by atoms with Crippen LogP contribution in [-0.4, -0.2) is 15.9 Å². The van der Waals surface area contributed by atoms with Crippen LogP contribution in [0.4, 0.5) is 5.69 Å². The van der Waals surface area contributed by atoms with Crippen molar-refractivity contribution in [3.63, 3.8) is 0 Å². The quantitative estimate of drug-likeness (QED) is 0.667.